The molecule has 2 fully saturated rings. The number of primary amides is 1. The third-order valence-electron chi connectivity index (χ3n) is 5.33. The minimum Gasteiger partial charge on any atom is -0.490 e. The van der Waals surface area contributed by atoms with Crippen molar-refractivity contribution in [3.63, 3.8) is 0 Å². The minimum absolute atomic E-state index is 0.0298. The molecule has 3 N–H and O–H groups in total. The highest BCUT2D eigenvalue weighted by Gasteiger charge is 2.33. The second kappa shape index (κ2) is 6.99. The number of benzene rings is 1. The Kier molecular flexibility index (Phi) is 4.55. The molecule has 2 aromatic rings. The van der Waals surface area contributed by atoms with E-state index in [2.05, 4.69) is 10.2 Å². The summed E-state index contributed by atoms with van der Waals surface area (Å²) in [7, 11) is 0. The minimum atomic E-state index is -0.364. The van der Waals surface area contributed by atoms with Crippen molar-refractivity contribution >= 4 is 22.7 Å². The number of nitrogens with two attached hydrogens (primary N) is 1. The SMILES string of the molecule is NC(=O)Cn1ccc2c(OC3CCN(C4CCNC4=O)CC3)cccc21. The quantitative estimate of drug-likeness (QED) is 0.831. The average Bonchev–Trinajstić information content (AvgIpc) is 3.23. The fraction of sp³-hybridized carbons (Fsp3) is 0.474. The molecule has 26 heavy (non-hydrogen) atoms. The molecule has 7 heteroatoms. The lowest BCUT2D eigenvalue weighted by molar-refractivity contribution is -0.124. The fourth-order valence-corrected chi connectivity index (χ4v) is 4.02. The number of carbonyl (C=O) groups excluding carboxylic acids is 2. The maximum Gasteiger partial charge on any atom is 0.237 e. The third-order valence-corrected chi connectivity index (χ3v) is 5.33. The van der Waals surface area contributed by atoms with Gasteiger partial charge in [-0.25, -0.2) is 0 Å². The van der Waals surface area contributed by atoms with Gasteiger partial charge in [0.05, 0.1) is 11.6 Å². The van der Waals surface area contributed by atoms with Gasteiger partial charge in [-0.1, -0.05) is 6.07 Å². The van der Waals surface area contributed by atoms with Crippen molar-refractivity contribution < 1.29 is 14.3 Å². The molecule has 4 rings (SSSR count). The molecular weight excluding hydrogens is 332 g/mol. The van der Waals surface area contributed by atoms with Gasteiger partial charge in [0, 0.05) is 31.2 Å². The highest BCUT2D eigenvalue weighted by Crippen LogP contribution is 2.29. The van der Waals surface area contributed by atoms with E-state index in [1.54, 1.807) is 0 Å². The van der Waals surface area contributed by atoms with Crippen molar-refractivity contribution in [2.75, 3.05) is 19.6 Å². The Morgan fingerprint density at radius 3 is 2.73 bits per heavy atom. The van der Waals surface area contributed by atoms with Crippen LogP contribution in [-0.4, -0.2) is 53.1 Å². The number of hydrogen-bond acceptors (Lipinski definition) is 4. The van der Waals surface area contributed by atoms with Gasteiger partial charge in [-0.15, -0.1) is 0 Å². The number of nitrogens with one attached hydrogen (secondary N) is 1. The lowest BCUT2D eigenvalue weighted by Crippen LogP contribution is -2.47. The molecule has 0 spiro atoms. The van der Waals surface area contributed by atoms with E-state index in [9.17, 15) is 9.59 Å². The van der Waals surface area contributed by atoms with E-state index in [0.717, 1.165) is 55.5 Å². The van der Waals surface area contributed by atoms with Crippen LogP contribution in [0.25, 0.3) is 10.9 Å². The Hall–Kier alpha value is -2.54. The summed E-state index contributed by atoms with van der Waals surface area (Å²) in [6, 6.07) is 7.86. The summed E-state index contributed by atoms with van der Waals surface area (Å²) in [5.41, 5.74) is 6.26. The number of rotatable bonds is 5. The largest absolute Gasteiger partial charge is 0.490 e. The maximum atomic E-state index is 11.9. The summed E-state index contributed by atoms with van der Waals surface area (Å²) in [5.74, 6) is 0.629. The molecular formula is C19H24N4O3. The smallest absolute Gasteiger partial charge is 0.237 e. The Morgan fingerprint density at radius 2 is 2.04 bits per heavy atom. The number of nitrogens with zero attached hydrogens (tertiary/aromatic N) is 2. The van der Waals surface area contributed by atoms with Crippen molar-refractivity contribution in [1.29, 1.82) is 0 Å². The second-order valence-corrected chi connectivity index (χ2v) is 7.05. The van der Waals surface area contributed by atoms with Gasteiger partial charge in [-0.2, -0.15) is 0 Å². The van der Waals surface area contributed by atoms with Crippen LogP contribution in [0, 0.1) is 0 Å². The maximum absolute atomic E-state index is 11.9. The number of piperidine rings is 1. The first kappa shape index (κ1) is 16.9. The van der Waals surface area contributed by atoms with Crippen molar-refractivity contribution in [2.45, 2.75) is 38.0 Å². The van der Waals surface area contributed by atoms with Crippen LogP contribution in [0.4, 0.5) is 0 Å². The van der Waals surface area contributed by atoms with E-state index < -0.39 is 0 Å². The van der Waals surface area contributed by atoms with Crippen LogP contribution in [0.2, 0.25) is 0 Å². The molecule has 2 aliphatic rings. The molecule has 1 aromatic carbocycles. The number of hydrogen-bond donors (Lipinski definition) is 2. The van der Waals surface area contributed by atoms with E-state index >= 15 is 0 Å². The molecule has 2 amide bonds. The van der Waals surface area contributed by atoms with Crippen molar-refractivity contribution in [3.05, 3.63) is 30.5 Å². The molecule has 2 saturated heterocycles. The first-order chi connectivity index (χ1) is 12.6. The van der Waals surface area contributed by atoms with E-state index in [-0.39, 0.29) is 30.5 Å². The van der Waals surface area contributed by atoms with Crippen LogP contribution in [0.1, 0.15) is 19.3 Å². The highest BCUT2D eigenvalue weighted by atomic mass is 16.5. The van der Waals surface area contributed by atoms with Crippen molar-refractivity contribution in [2.24, 2.45) is 5.73 Å². The Labute approximate surface area is 152 Å². The van der Waals surface area contributed by atoms with Crippen molar-refractivity contribution in [1.82, 2.24) is 14.8 Å². The van der Waals surface area contributed by atoms with Gasteiger partial charge >= 0.3 is 0 Å². The summed E-state index contributed by atoms with van der Waals surface area (Å²) >= 11 is 0. The first-order valence-electron chi connectivity index (χ1n) is 9.16. The molecule has 0 bridgehead atoms. The van der Waals surface area contributed by atoms with Gasteiger partial charge in [-0.3, -0.25) is 14.5 Å². The monoisotopic (exact) mass is 356 g/mol. The number of ether oxygens (including phenoxy) is 1. The van der Waals surface area contributed by atoms with Crippen LogP contribution >= 0.6 is 0 Å². The zero-order valence-corrected chi connectivity index (χ0v) is 14.7. The summed E-state index contributed by atoms with van der Waals surface area (Å²) in [6.07, 6.45) is 4.71. The standard InChI is InChI=1S/C19H24N4O3/c20-18(24)12-23-11-7-14-15(23)2-1-3-17(14)26-13-5-9-22(10-6-13)16-4-8-21-19(16)25/h1-3,7,11,13,16H,4-6,8-10,12H2,(H2,20,24)(H,21,25). The fourth-order valence-electron chi connectivity index (χ4n) is 4.02. The average molecular weight is 356 g/mol. The molecule has 1 unspecified atom stereocenters. The van der Waals surface area contributed by atoms with Crippen LogP contribution in [0.3, 0.4) is 0 Å². The number of aromatic nitrogens is 1. The molecule has 1 aromatic heterocycles. The van der Waals surface area contributed by atoms with Gasteiger partial charge in [-0.05, 0) is 37.5 Å². The van der Waals surface area contributed by atoms with Gasteiger partial charge in [0.25, 0.3) is 0 Å². The van der Waals surface area contributed by atoms with Gasteiger partial charge in [0.15, 0.2) is 0 Å². The highest BCUT2D eigenvalue weighted by molar-refractivity contribution is 5.88. The lowest BCUT2D eigenvalue weighted by atomic mass is 10.0. The Bertz CT molecular complexity index is 823. The van der Waals surface area contributed by atoms with E-state index in [0.29, 0.717) is 0 Å². The Morgan fingerprint density at radius 1 is 1.23 bits per heavy atom. The van der Waals surface area contributed by atoms with Crippen LogP contribution < -0.4 is 15.8 Å². The normalized spacial score (nSPS) is 21.8. The Balaban J connectivity index is 1.43. The summed E-state index contributed by atoms with van der Waals surface area (Å²) in [6.45, 7) is 2.70. The number of fused-ring (bicyclic) bond motifs is 1. The summed E-state index contributed by atoms with van der Waals surface area (Å²) in [4.78, 5) is 25.3. The lowest BCUT2D eigenvalue weighted by Gasteiger charge is -2.34. The van der Waals surface area contributed by atoms with Gasteiger partial charge in [0.2, 0.25) is 11.8 Å². The van der Waals surface area contributed by atoms with Crippen LogP contribution in [0.15, 0.2) is 30.5 Å². The third kappa shape index (κ3) is 3.26. The topological polar surface area (TPSA) is 89.6 Å². The van der Waals surface area contributed by atoms with E-state index in [4.69, 9.17) is 10.5 Å². The molecule has 3 heterocycles. The second-order valence-electron chi connectivity index (χ2n) is 7.05. The molecule has 7 nitrogen and oxygen atoms in total. The van der Waals surface area contributed by atoms with Crippen LogP contribution in [-0.2, 0) is 16.1 Å². The summed E-state index contributed by atoms with van der Waals surface area (Å²) in [5, 5.41) is 3.90. The van der Waals surface area contributed by atoms with E-state index in [1.165, 1.54) is 0 Å². The molecule has 0 saturated carbocycles. The van der Waals surface area contributed by atoms with Crippen molar-refractivity contribution in [3.8, 4) is 5.75 Å². The molecule has 2 aliphatic heterocycles. The molecule has 0 aliphatic carbocycles. The number of amides is 2. The number of carbonyl (C=O) groups is 2. The van der Waals surface area contributed by atoms with Gasteiger partial charge in [0.1, 0.15) is 18.4 Å². The molecule has 0 radical (unpaired) electrons. The predicted molar refractivity (Wildman–Crippen MR) is 97.8 cm³/mol. The molecule has 138 valence electrons. The van der Waals surface area contributed by atoms with Crippen LogP contribution in [0.5, 0.6) is 5.75 Å². The first-order valence-corrected chi connectivity index (χ1v) is 9.16. The zero-order chi connectivity index (χ0) is 18.1. The molecule has 1 atom stereocenters. The van der Waals surface area contributed by atoms with Gasteiger partial charge < -0.3 is 20.4 Å². The number of likely N-dealkylation sites (tertiary alicyclic amines) is 1. The van der Waals surface area contributed by atoms with E-state index in [1.807, 2.05) is 35.0 Å². The predicted octanol–water partition coefficient (Wildman–Crippen LogP) is 0.858. The zero-order valence-electron chi connectivity index (χ0n) is 14.7. The summed E-state index contributed by atoms with van der Waals surface area (Å²) < 4.78 is 8.11.